The minimum atomic E-state index is -4.61. The Labute approximate surface area is 183 Å². The van der Waals surface area contributed by atoms with Gasteiger partial charge in [-0.2, -0.15) is 0 Å². The van der Waals surface area contributed by atoms with E-state index in [1.165, 1.54) is 42.4 Å². The Morgan fingerprint density at radius 3 is 2.52 bits per heavy atom. The summed E-state index contributed by atoms with van der Waals surface area (Å²) in [5.74, 6) is 0.0584. The summed E-state index contributed by atoms with van der Waals surface area (Å²) >= 11 is 5.42. The molecular formula is C16H19NaO4S4. The quantitative estimate of drug-likeness (QED) is 0.213. The zero-order chi connectivity index (χ0) is 17.7. The molecule has 9 heteroatoms. The van der Waals surface area contributed by atoms with E-state index in [4.69, 9.17) is 17.0 Å². The van der Waals surface area contributed by atoms with Gasteiger partial charge < -0.3 is 9.29 Å². The van der Waals surface area contributed by atoms with Gasteiger partial charge in [0.15, 0.2) is 0 Å². The van der Waals surface area contributed by atoms with Crippen LogP contribution in [-0.2, 0) is 16.5 Å². The van der Waals surface area contributed by atoms with Gasteiger partial charge in [-0.1, -0.05) is 65.2 Å². The van der Waals surface area contributed by atoms with Gasteiger partial charge in [-0.05, 0) is 30.5 Å². The van der Waals surface area contributed by atoms with Crippen molar-refractivity contribution in [3.63, 3.8) is 0 Å². The molecule has 0 atom stereocenters. The number of hydrogen-bond donors (Lipinski definition) is 0. The van der Waals surface area contributed by atoms with E-state index in [9.17, 15) is 13.0 Å². The van der Waals surface area contributed by atoms with Crippen LogP contribution in [0.3, 0.4) is 0 Å². The van der Waals surface area contributed by atoms with Gasteiger partial charge in [0.25, 0.3) is 0 Å². The van der Waals surface area contributed by atoms with Gasteiger partial charge in [0.2, 0.25) is 0 Å². The molecule has 1 aromatic heterocycles. The summed E-state index contributed by atoms with van der Waals surface area (Å²) in [6, 6.07) is 4.65. The second-order valence-corrected chi connectivity index (χ2v) is 9.63. The molecule has 0 aliphatic heterocycles. The molecule has 0 radical (unpaired) electrons. The Balaban J connectivity index is 0.00000312. The molecule has 0 bridgehead atoms. The minimum absolute atomic E-state index is 0. The fourth-order valence-corrected chi connectivity index (χ4v) is 6.13. The van der Waals surface area contributed by atoms with Crippen LogP contribution in [0.25, 0.3) is 11.1 Å². The number of benzene rings is 1. The fraction of sp³-hybridized carbons (Fsp3) is 0.438. The van der Waals surface area contributed by atoms with Gasteiger partial charge in [0.05, 0.1) is 12.0 Å². The summed E-state index contributed by atoms with van der Waals surface area (Å²) in [5.41, 5.74) is 1.54. The molecule has 2 aromatic rings. The molecule has 0 aliphatic rings. The molecule has 132 valence electrons. The third-order valence-electron chi connectivity index (χ3n) is 3.68. The first-order chi connectivity index (χ1) is 11.4. The minimum Gasteiger partial charge on any atom is -0.744 e. The molecule has 1 aromatic carbocycles. The average Bonchev–Trinajstić information content (AvgIpc) is 2.91. The number of unbranched alkanes of at least 4 members (excludes halogenated alkanes) is 3. The SMILES string of the molecule is CCCCCCc1ssc(=S)c1-c1ccc(OC)c(S(=O)(=O)[O-])c1.[Na+]. The molecule has 0 spiro atoms. The van der Waals surface area contributed by atoms with Crippen LogP contribution in [0, 0.1) is 3.82 Å². The fourth-order valence-electron chi connectivity index (χ4n) is 2.47. The standard InChI is InChI=1S/C16H20O4S4.Na/c1-3-4-5-6-7-13-15(16(21)23-22-13)11-8-9-12(20-2)14(10-11)24(17,18)19;/h8-10H,3-7H2,1-2H3,(H,17,18,19);/q;+1/p-1. The van der Waals surface area contributed by atoms with E-state index in [0.717, 1.165) is 33.5 Å². The van der Waals surface area contributed by atoms with Crippen molar-refractivity contribution in [2.24, 2.45) is 0 Å². The predicted octanol–water partition coefficient (Wildman–Crippen LogP) is 2.25. The van der Waals surface area contributed by atoms with Gasteiger partial charge in [-0.3, -0.25) is 0 Å². The van der Waals surface area contributed by atoms with Crippen molar-refractivity contribution in [1.82, 2.24) is 0 Å². The summed E-state index contributed by atoms with van der Waals surface area (Å²) in [6.45, 7) is 2.17. The molecule has 0 unspecified atom stereocenters. The van der Waals surface area contributed by atoms with Crippen molar-refractivity contribution >= 4 is 43.0 Å². The molecular weight excluding hydrogens is 407 g/mol. The first kappa shape index (κ1) is 23.2. The molecule has 25 heavy (non-hydrogen) atoms. The molecule has 0 saturated heterocycles. The van der Waals surface area contributed by atoms with Crippen LogP contribution < -0.4 is 34.3 Å². The second kappa shape index (κ2) is 10.5. The van der Waals surface area contributed by atoms with Crippen LogP contribution in [0.5, 0.6) is 5.75 Å². The number of hydrogen-bond acceptors (Lipinski definition) is 7. The van der Waals surface area contributed by atoms with E-state index in [0.29, 0.717) is 5.56 Å². The second-order valence-electron chi connectivity index (χ2n) is 5.38. The van der Waals surface area contributed by atoms with Gasteiger partial charge in [-0.25, -0.2) is 8.42 Å². The largest absolute Gasteiger partial charge is 1.00 e. The number of ether oxygens (including phenoxy) is 1. The normalized spacial score (nSPS) is 11.2. The number of aryl methyl sites for hydroxylation is 1. The first-order valence-electron chi connectivity index (χ1n) is 7.64. The van der Waals surface area contributed by atoms with Crippen LogP contribution in [0.2, 0.25) is 0 Å². The summed E-state index contributed by atoms with van der Waals surface area (Å²) < 4.78 is 40.2. The smallest absolute Gasteiger partial charge is 0.744 e. The van der Waals surface area contributed by atoms with Gasteiger partial charge in [0.1, 0.15) is 19.7 Å². The zero-order valence-corrected chi connectivity index (χ0v) is 19.8. The van der Waals surface area contributed by atoms with E-state index < -0.39 is 10.1 Å². The van der Waals surface area contributed by atoms with E-state index in [1.54, 1.807) is 16.4 Å². The van der Waals surface area contributed by atoms with Gasteiger partial charge in [0, 0.05) is 10.4 Å². The van der Waals surface area contributed by atoms with Crippen molar-refractivity contribution in [3.8, 4) is 16.9 Å². The summed E-state index contributed by atoms with van der Waals surface area (Å²) in [4.78, 5) is 0.811. The first-order valence-corrected chi connectivity index (χ1v) is 11.6. The Morgan fingerprint density at radius 2 is 1.92 bits per heavy atom. The Morgan fingerprint density at radius 1 is 1.20 bits per heavy atom. The van der Waals surface area contributed by atoms with Crippen molar-refractivity contribution < 1.29 is 47.3 Å². The van der Waals surface area contributed by atoms with Crippen molar-refractivity contribution in [3.05, 3.63) is 26.9 Å². The van der Waals surface area contributed by atoms with Gasteiger partial charge >= 0.3 is 29.6 Å². The van der Waals surface area contributed by atoms with Crippen molar-refractivity contribution in [2.45, 2.75) is 43.9 Å². The van der Waals surface area contributed by atoms with Crippen LogP contribution in [0.1, 0.15) is 37.5 Å². The Hall–Kier alpha value is 0.200. The Kier molecular flexibility index (Phi) is 9.77. The average molecular weight is 427 g/mol. The van der Waals surface area contributed by atoms with E-state index in [1.807, 2.05) is 0 Å². The summed E-state index contributed by atoms with van der Waals surface area (Å²) in [7, 11) is -0.128. The molecule has 0 saturated carbocycles. The molecule has 4 nitrogen and oxygen atoms in total. The van der Waals surface area contributed by atoms with Crippen molar-refractivity contribution in [2.75, 3.05) is 7.11 Å². The van der Waals surface area contributed by atoms with Gasteiger partial charge in [-0.15, -0.1) is 0 Å². The predicted molar refractivity (Wildman–Crippen MR) is 101 cm³/mol. The van der Waals surface area contributed by atoms with E-state index in [2.05, 4.69) is 6.92 Å². The van der Waals surface area contributed by atoms with Crippen LogP contribution in [0.15, 0.2) is 23.1 Å². The Bertz CT molecular complexity index is 855. The maximum absolute atomic E-state index is 11.5. The van der Waals surface area contributed by atoms with Crippen LogP contribution >= 0.6 is 32.9 Å². The maximum atomic E-state index is 11.5. The molecule has 0 N–H and O–H groups in total. The van der Waals surface area contributed by atoms with Crippen molar-refractivity contribution in [1.29, 1.82) is 0 Å². The molecule has 0 amide bonds. The number of rotatable bonds is 8. The van der Waals surface area contributed by atoms with Crippen LogP contribution in [0.4, 0.5) is 0 Å². The topological polar surface area (TPSA) is 66.4 Å². The molecule has 2 rings (SSSR count). The van der Waals surface area contributed by atoms with E-state index >= 15 is 0 Å². The monoisotopic (exact) mass is 426 g/mol. The third-order valence-corrected chi connectivity index (χ3v) is 7.71. The summed E-state index contributed by atoms with van der Waals surface area (Å²) in [5, 5.41) is 0. The molecule has 0 aliphatic carbocycles. The summed E-state index contributed by atoms with van der Waals surface area (Å²) in [6.07, 6.45) is 5.53. The maximum Gasteiger partial charge on any atom is 1.00 e. The third kappa shape index (κ3) is 6.10. The number of methoxy groups -OCH3 is 1. The van der Waals surface area contributed by atoms with Crippen LogP contribution in [-0.4, -0.2) is 20.1 Å². The molecule has 0 fully saturated rings. The zero-order valence-electron chi connectivity index (χ0n) is 14.5. The van der Waals surface area contributed by atoms with E-state index in [-0.39, 0.29) is 40.2 Å². The molecule has 1 heterocycles.